The van der Waals surface area contributed by atoms with E-state index in [0.29, 0.717) is 22.5 Å². The fourth-order valence-electron chi connectivity index (χ4n) is 2.26. The van der Waals surface area contributed by atoms with Crippen molar-refractivity contribution in [2.45, 2.75) is 24.2 Å². The molecule has 6 heteroatoms. The number of carbonyl (C=O) groups is 1. The smallest absolute Gasteiger partial charge is 0.250 e. The van der Waals surface area contributed by atoms with Crippen molar-refractivity contribution >= 4 is 23.9 Å². The van der Waals surface area contributed by atoms with Gasteiger partial charge in [0, 0.05) is 10.8 Å². The fraction of sp³-hybridized carbons (Fsp3) is 0.294. The first kappa shape index (κ1) is 15.8. The van der Waals surface area contributed by atoms with Gasteiger partial charge in [0.25, 0.3) is 0 Å². The highest BCUT2D eigenvalue weighted by atomic mass is 32.2. The van der Waals surface area contributed by atoms with Gasteiger partial charge in [-0.15, -0.1) is 11.8 Å². The lowest BCUT2D eigenvalue weighted by atomic mass is 10.3. The largest absolute Gasteiger partial charge is 0.460 e. The van der Waals surface area contributed by atoms with Gasteiger partial charge in [0.1, 0.15) is 17.3 Å². The molecule has 1 fully saturated rings. The third kappa shape index (κ3) is 4.22. The molecule has 4 nitrogen and oxygen atoms in total. The molecule has 0 unspecified atom stereocenters. The van der Waals surface area contributed by atoms with Crippen molar-refractivity contribution in [3.8, 4) is 0 Å². The average molecular weight is 332 g/mol. The molecule has 1 saturated carbocycles. The standard InChI is InChI=1S/C17H17FN2O2S/c1-11-8-13(11)15-7-6-12(22-15)9-19-20-17(21)10-23-16-5-3-2-4-14(16)18/h2-7,9,11,13H,8,10H2,1H3,(H,20,21)/b19-9-/t11-,13-/m0/s1. The molecule has 2 atom stereocenters. The van der Waals surface area contributed by atoms with Crippen molar-refractivity contribution in [1.29, 1.82) is 0 Å². The molecule has 2 aromatic rings. The van der Waals surface area contributed by atoms with E-state index in [1.54, 1.807) is 18.2 Å². The van der Waals surface area contributed by atoms with Gasteiger partial charge >= 0.3 is 0 Å². The maximum absolute atomic E-state index is 13.4. The number of amides is 1. The van der Waals surface area contributed by atoms with E-state index in [0.717, 1.165) is 23.9 Å². The topological polar surface area (TPSA) is 54.6 Å². The van der Waals surface area contributed by atoms with Crippen LogP contribution in [0.5, 0.6) is 0 Å². The summed E-state index contributed by atoms with van der Waals surface area (Å²) in [6.45, 7) is 2.19. The van der Waals surface area contributed by atoms with Gasteiger partial charge in [0.15, 0.2) is 0 Å². The summed E-state index contributed by atoms with van der Waals surface area (Å²) in [5.74, 6) is 2.26. The molecular formula is C17H17FN2O2S. The minimum absolute atomic E-state index is 0.0985. The summed E-state index contributed by atoms with van der Waals surface area (Å²) >= 11 is 1.13. The molecular weight excluding hydrogens is 315 g/mol. The molecule has 120 valence electrons. The van der Waals surface area contributed by atoms with Crippen molar-refractivity contribution in [2.24, 2.45) is 11.0 Å². The Morgan fingerprint density at radius 3 is 2.96 bits per heavy atom. The van der Waals surface area contributed by atoms with E-state index >= 15 is 0 Å². The lowest BCUT2D eigenvalue weighted by Crippen LogP contribution is -2.19. The van der Waals surface area contributed by atoms with E-state index in [-0.39, 0.29) is 17.5 Å². The molecule has 1 aliphatic carbocycles. The fourth-order valence-corrected chi connectivity index (χ4v) is 2.99. The summed E-state index contributed by atoms with van der Waals surface area (Å²) in [6.07, 6.45) is 2.64. The van der Waals surface area contributed by atoms with Gasteiger partial charge in [0.2, 0.25) is 5.91 Å². The molecule has 0 radical (unpaired) electrons. The minimum atomic E-state index is -0.328. The van der Waals surface area contributed by atoms with Gasteiger partial charge in [0.05, 0.1) is 12.0 Å². The van der Waals surface area contributed by atoms with Crippen molar-refractivity contribution in [3.05, 3.63) is 53.7 Å². The van der Waals surface area contributed by atoms with Crippen molar-refractivity contribution in [3.63, 3.8) is 0 Å². The van der Waals surface area contributed by atoms with Gasteiger partial charge in [-0.1, -0.05) is 19.1 Å². The van der Waals surface area contributed by atoms with E-state index in [4.69, 9.17) is 4.42 Å². The monoisotopic (exact) mass is 332 g/mol. The Labute approximate surface area is 138 Å². The second kappa shape index (κ2) is 7.00. The minimum Gasteiger partial charge on any atom is -0.460 e. The first-order valence-corrected chi connectivity index (χ1v) is 8.41. The number of halogens is 1. The predicted octanol–water partition coefficient (Wildman–Crippen LogP) is 3.78. The zero-order valence-corrected chi connectivity index (χ0v) is 13.5. The highest BCUT2D eigenvalue weighted by molar-refractivity contribution is 8.00. The van der Waals surface area contributed by atoms with Crippen LogP contribution in [0.15, 0.2) is 50.8 Å². The number of nitrogens with zero attached hydrogens (tertiary/aromatic N) is 1. The quantitative estimate of drug-likeness (QED) is 0.497. The molecule has 1 N–H and O–H groups in total. The van der Waals surface area contributed by atoms with Crippen LogP contribution in [0.3, 0.4) is 0 Å². The predicted molar refractivity (Wildman–Crippen MR) is 88.1 cm³/mol. The number of hydrazone groups is 1. The highest BCUT2D eigenvalue weighted by Crippen LogP contribution is 2.47. The molecule has 3 rings (SSSR count). The Morgan fingerprint density at radius 1 is 1.43 bits per heavy atom. The Kier molecular flexibility index (Phi) is 4.81. The van der Waals surface area contributed by atoms with Gasteiger partial charge in [-0.05, 0) is 36.6 Å². The lowest BCUT2D eigenvalue weighted by Gasteiger charge is -2.01. The first-order chi connectivity index (χ1) is 11.1. The van der Waals surface area contributed by atoms with E-state index in [1.165, 1.54) is 12.3 Å². The highest BCUT2D eigenvalue weighted by Gasteiger charge is 2.36. The van der Waals surface area contributed by atoms with Gasteiger partial charge in [-0.2, -0.15) is 5.10 Å². The third-order valence-corrected chi connectivity index (χ3v) is 4.75. The molecule has 0 aliphatic heterocycles. The normalized spacial score (nSPS) is 19.9. The van der Waals surface area contributed by atoms with Crippen LogP contribution >= 0.6 is 11.8 Å². The number of furan rings is 1. The van der Waals surface area contributed by atoms with Crippen LogP contribution < -0.4 is 5.43 Å². The Bertz CT molecular complexity index is 729. The molecule has 0 saturated heterocycles. The number of benzene rings is 1. The summed E-state index contributed by atoms with van der Waals surface area (Å²) in [6, 6.07) is 10.1. The van der Waals surface area contributed by atoms with Crippen molar-refractivity contribution in [2.75, 3.05) is 5.75 Å². The average Bonchev–Trinajstić information content (AvgIpc) is 3.08. The lowest BCUT2D eigenvalue weighted by molar-refractivity contribution is -0.118. The van der Waals surface area contributed by atoms with E-state index in [2.05, 4.69) is 17.5 Å². The number of thioether (sulfide) groups is 1. The van der Waals surface area contributed by atoms with Crippen LogP contribution in [0.2, 0.25) is 0 Å². The van der Waals surface area contributed by atoms with E-state index < -0.39 is 0 Å². The Balaban J connectivity index is 1.45. The second-order valence-electron chi connectivity index (χ2n) is 5.57. The number of hydrogen-bond acceptors (Lipinski definition) is 4. The summed E-state index contributed by atoms with van der Waals surface area (Å²) < 4.78 is 19.1. The molecule has 1 heterocycles. The molecule has 1 aromatic carbocycles. The summed E-state index contributed by atoms with van der Waals surface area (Å²) in [4.78, 5) is 12.1. The van der Waals surface area contributed by atoms with Crippen LogP contribution in [0.1, 0.15) is 30.8 Å². The Morgan fingerprint density at radius 2 is 2.22 bits per heavy atom. The molecule has 0 bridgehead atoms. The zero-order valence-electron chi connectivity index (χ0n) is 12.7. The molecule has 1 aromatic heterocycles. The van der Waals surface area contributed by atoms with Crippen LogP contribution in [0.25, 0.3) is 0 Å². The molecule has 1 amide bonds. The van der Waals surface area contributed by atoms with Crippen LogP contribution in [0, 0.1) is 11.7 Å². The number of nitrogens with one attached hydrogen (secondary N) is 1. The van der Waals surface area contributed by atoms with Crippen LogP contribution in [-0.2, 0) is 4.79 Å². The maximum atomic E-state index is 13.4. The van der Waals surface area contributed by atoms with Crippen molar-refractivity contribution < 1.29 is 13.6 Å². The maximum Gasteiger partial charge on any atom is 0.250 e. The van der Waals surface area contributed by atoms with Crippen LogP contribution in [-0.4, -0.2) is 17.9 Å². The SMILES string of the molecule is C[C@H]1C[C@@H]1c1ccc(/C=N\NC(=O)CSc2ccccc2F)o1. The van der Waals surface area contributed by atoms with Crippen molar-refractivity contribution in [1.82, 2.24) is 5.43 Å². The van der Waals surface area contributed by atoms with E-state index in [9.17, 15) is 9.18 Å². The zero-order chi connectivity index (χ0) is 16.2. The third-order valence-electron chi connectivity index (χ3n) is 3.70. The van der Waals surface area contributed by atoms with Gasteiger partial charge < -0.3 is 4.42 Å². The second-order valence-corrected chi connectivity index (χ2v) is 6.59. The number of hydrogen-bond donors (Lipinski definition) is 1. The molecule has 1 aliphatic rings. The molecule has 0 spiro atoms. The van der Waals surface area contributed by atoms with Crippen LogP contribution in [0.4, 0.5) is 4.39 Å². The van der Waals surface area contributed by atoms with Gasteiger partial charge in [-0.25, -0.2) is 9.82 Å². The summed E-state index contributed by atoms with van der Waals surface area (Å²) in [5.41, 5.74) is 2.41. The first-order valence-electron chi connectivity index (χ1n) is 7.42. The molecule has 23 heavy (non-hydrogen) atoms. The number of carbonyl (C=O) groups excluding carboxylic acids is 1. The van der Waals surface area contributed by atoms with E-state index in [1.807, 2.05) is 12.1 Å². The Hall–Kier alpha value is -2.08. The number of rotatable bonds is 6. The summed E-state index contributed by atoms with van der Waals surface area (Å²) in [7, 11) is 0. The van der Waals surface area contributed by atoms with Gasteiger partial charge in [-0.3, -0.25) is 4.79 Å². The summed E-state index contributed by atoms with van der Waals surface area (Å²) in [5, 5.41) is 3.86.